The number of carbonyl (C=O) groups excluding carboxylic acids is 2. The third-order valence-corrected chi connectivity index (χ3v) is 6.88. The number of aliphatic hydroxyl groups is 1. The summed E-state index contributed by atoms with van der Waals surface area (Å²) < 4.78 is 17.3. The summed E-state index contributed by atoms with van der Waals surface area (Å²) in [5.41, 5.74) is 2.80. The molecule has 1 amide bonds. The van der Waals surface area contributed by atoms with Gasteiger partial charge in [0.05, 0.1) is 11.6 Å². The minimum atomic E-state index is -0.846. The number of hydrogen-bond donors (Lipinski definition) is 1. The van der Waals surface area contributed by atoms with Crippen LogP contribution in [-0.2, 0) is 22.7 Å². The predicted octanol–water partition coefficient (Wildman–Crippen LogP) is 5.05. The number of aromatic nitrogens is 1. The van der Waals surface area contributed by atoms with Crippen molar-refractivity contribution in [3.63, 3.8) is 0 Å². The molecule has 3 heterocycles. The molecule has 2 aliphatic rings. The van der Waals surface area contributed by atoms with Crippen LogP contribution in [0.25, 0.3) is 5.76 Å². The maximum Gasteiger partial charge on any atom is 0.295 e. The molecule has 0 saturated carbocycles. The molecule has 3 aromatic carbocycles. The molecular weight excluding hydrogens is 508 g/mol. The fraction of sp³-hybridized carbons (Fsp3) is 0.156. The lowest BCUT2D eigenvalue weighted by atomic mass is 9.95. The van der Waals surface area contributed by atoms with Gasteiger partial charge in [-0.25, -0.2) is 0 Å². The molecular formula is C32H26N2O6. The average Bonchev–Trinajstić information content (AvgIpc) is 3.25. The number of fused-ring (bicyclic) bond motifs is 1. The van der Waals surface area contributed by atoms with Gasteiger partial charge < -0.3 is 24.2 Å². The van der Waals surface area contributed by atoms with E-state index in [1.165, 1.54) is 4.90 Å². The van der Waals surface area contributed by atoms with Gasteiger partial charge in [0.2, 0.25) is 0 Å². The molecule has 4 aromatic rings. The average molecular weight is 535 g/mol. The topological polar surface area (TPSA) is 98.2 Å². The first kappa shape index (κ1) is 25.2. The van der Waals surface area contributed by atoms with Gasteiger partial charge in [-0.1, -0.05) is 42.5 Å². The highest BCUT2D eigenvalue weighted by molar-refractivity contribution is 6.46. The standard InChI is InChI=1S/C32H26N2O6/c35-30(24-9-10-26-27(18-24)39-16-15-38-26)28-29(34(32(37)31(28)36)19-21-11-13-33-14-12-21)23-7-4-8-25(17-23)40-20-22-5-2-1-3-6-22/h1-14,17-18,29,35H,15-16,19-20H2/b30-28+/t29-/m0/s1. The lowest BCUT2D eigenvalue weighted by Crippen LogP contribution is -2.29. The van der Waals surface area contributed by atoms with Crippen LogP contribution in [0.15, 0.2) is 103 Å². The zero-order valence-electron chi connectivity index (χ0n) is 21.5. The molecule has 8 heteroatoms. The molecule has 1 N–H and O–H groups in total. The molecule has 0 bridgehead atoms. The zero-order chi connectivity index (χ0) is 27.5. The number of hydrogen-bond acceptors (Lipinski definition) is 7. The van der Waals surface area contributed by atoms with Crippen LogP contribution in [0.5, 0.6) is 17.2 Å². The van der Waals surface area contributed by atoms with Gasteiger partial charge in [0.25, 0.3) is 11.7 Å². The van der Waals surface area contributed by atoms with Crippen LogP contribution in [-0.4, -0.2) is 39.9 Å². The Labute approximate surface area is 231 Å². The van der Waals surface area contributed by atoms with Crippen molar-refractivity contribution in [1.29, 1.82) is 0 Å². The number of ketones is 1. The fourth-order valence-corrected chi connectivity index (χ4v) is 4.94. The summed E-state index contributed by atoms with van der Waals surface area (Å²) in [6.07, 6.45) is 3.27. The number of nitrogens with zero attached hydrogens (tertiary/aromatic N) is 2. The van der Waals surface area contributed by atoms with Crippen LogP contribution >= 0.6 is 0 Å². The van der Waals surface area contributed by atoms with E-state index in [-0.39, 0.29) is 17.9 Å². The van der Waals surface area contributed by atoms with Crippen molar-refractivity contribution in [3.8, 4) is 17.2 Å². The smallest absolute Gasteiger partial charge is 0.295 e. The van der Waals surface area contributed by atoms with Gasteiger partial charge in [-0.05, 0) is 59.2 Å². The second-order valence-electron chi connectivity index (χ2n) is 9.49. The largest absolute Gasteiger partial charge is 0.507 e. The van der Waals surface area contributed by atoms with Gasteiger partial charge in [-0.15, -0.1) is 0 Å². The maximum atomic E-state index is 13.5. The summed E-state index contributed by atoms with van der Waals surface area (Å²) in [5, 5.41) is 11.5. The predicted molar refractivity (Wildman–Crippen MR) is 147 cm³/mol. The van der Waals surface area contributed by atoms with Crippen molar-refractivity contribution in [3.05, 3.63) is 125 Å². The Kier molecular flexibility index (Phi) is 6.89. The molecule has 1 atom stereocenters. The number of ether oxygens (including phenoxy) is 3. The Hall–Kier alpha value is -5.11. The van der Waals surface area contributed by atoms with Crippen molar-refractivity contribution < 1.29 is 28.9 Å². The Balaban J connectivity index is 1.41. The SMILES string of the molecule is O=C1C(=O)N(Cc2ccncc2)[C@@H](c2cccc(OCc3ccccc3)c2)/C1=C(\O)c1ccc2c(c1)OCCO2. The number of likely N-dealkylation sites (tertiary alicyclic amines) is 1. The molecule has 6 rings (SSSR count). The quantitative estimate of drug-likeness (QED) is 0.201. The van der Waals surface area contributed by atoms with E-state index < -0.39 is 17.7 Å². The van der Waals surface area contributed by atoms with E-state index in [0.717, 1.165) is 11.1 Å². The van der Waals surface area contributed by atoms with E-state index in [1.54, 1.807) is 48.8 Å². The van der Waals surface area contributed by atoms with Gasteiger partial charge >= 0.3 is 0 Å². The van der Waals surface area contributed by atoms with E-state index in [9.17, 15) is 14.7 Å². The molecule has 40 heavy (non-hydrogen) atoms. The number of rotatable bonds is 7. The number of carbonyl (C=O) groups is 2. The third kappa shape index (κ3) is 4.99. The maximum absolute atomic E-state index is 13.5. The molecule has 0 radical (unpaired) electrons. The highest BCUT2D eigenvalue weighted by atomic mass is 16.6. The second kappa shape index (κ2) is 10.9. The lowest BCUT2D eigenvalue weighted by molar-refractivity contribution is -0.140. The zero-order valence-corrected chi connectivity index (χ0v) is 21.5. The minimum Gasteiger partial charge on any atom is -0.507 e. The highest BCUT2D eigenvalue weighted by Gasteiger charge is 2.46. The number of pyridine rings is 1. The van der Waals surface area contributed by atoms with Crippen LogP contribution in [0.3, 0.4) is 0 Å². The van der Waals surface area contributed by atoms with E-state index in [0.29, 0.717) is 48.2 Å². The Bertz CT molecular complexity index is 1590. The van der Waals surface area contributed by atoms with E-state index in [1.807, 2.05) is 48.5 Å². The fourth-order valence-electron chi connectivity index (χ4n) is 4.94. The first-order chi connectivity index (χ1) is 19.6. The van der Waals surface area contributed by atoms with Crippen LogP contribution in [0.2, 0.25) is 0 Å². The van der Waals surface area contributed by atoms with Gasteiger partial charge in [0.15, 0.2) is 11.5 Å². The van der Waals surface area contributed by atoms with Crippen molar-refractivity contribution in [2.75, 3.05) is 13.2 Å². The number of Topliss-reactive ketones (excluding diaryl/α,β-unsaturated/α-hetero) is 1. The Morgan fingerprint density at radius 3 is 2.45 bits per heavy atom. The summed E-state index contributed by atoms with van der Waals surface area (Å²) in [6, 6.07) is 24.7. The Morgan fingerprint density at radius 1 is 0.875 bits per heavy atom. The summed E-state index contributed by atoms with van der Waals surface area (Å²) in [6.45, 7) is 1.33. The molecule has 8 nitrogen and oxygen atoms in total. The van der Waals surface area contributed by atoms with Crippen LogP contribution < -0.4 is 14.2 Å². The number of amides is 1. The van der Waals surface area contributed by atoms with Crippen molar-refractivity contribution in [1.82, 2.24) is 9.88 Å². The van der Waals surface area contributed by atoms with Gasteiger partial charge in [-0.3, -0.25) is 14.6 Å². The summed E-state index contributed by atoms with van der Waals surface area (Å²) in [4.78, 5) is 32.4. The first-order valence-electron chi connectivity index (χ1n) is 12.9. The summed E-state index contributed by atoms with van der Waals surface area (Å²) in [7, 11) is 0. The van der Waals surface area contributed by atoms with E-state index >= 15 is 0 Å². The molecule has 2 aliphatic heterocycles. The van der Waals surface area contributed by atoms with E-state index in [2.05, 4.69) is 4.98 Å². The molecule has 1 saturated heterocycles. The highest BCUT2D eigenvalue weighted by Crippen LogP contribution is 2.42. The molecule has 1 fully saturated rings. The van der Waals surface area contributed by atoms with Gasteiger partial charge in [0, 0.05) is 24.5 Å². The normalized spacial score (nSPS) is 17.6. The number of aliphatic hydroxyl groups excluding tert-OH is 1. The first-order valence-corrected chi connectivity index (χ1v) is 12.9. The molecule has 1 aromatic heterocycles. The monoisotopic (exact) mass is 534 g/mol. The second-order valence-corrected chi connectivity index (χ2v) is 9.49. The van der Waals surface area contributed by atoms with Crippen LogP contribution in [0.4, 0.5) is 0 Å². The Morgan fingerprint density at radius 2 is 1.65 bits per heavy atom. The minimum absolute atomic E-state index is 0.00376. The summed E-state index contributed by atoms with van der Waals surface area (Å²) >= 11 is 0. The summed E-state index contributed by atoms with van der Waals surface area (Å²) in [5.74, 6) is -0.142. The molecule has 0 spiro atoms. The number of benzene rings is 3. The van der Waals surface area contributed by atoms with Crippen molar-refractivity contribution in [2.45, 2.75) is 19.2 Å². The molecule has 0 aliphatic carbocycles. The van der Waals surface area contributed by atoms with Gasteiger partial charge in [0.1, 0.15) is 31.3 Å². The molecule has 0 unspecified atom stereocenters. The molecule has 200 valence electrons. The van der Waals surface area contributed by atoms with Crippen molar-refractivity contribution >= 4 is 17.4 Å². The van der Waals surface area contributed by atoms with Gasteiger partial charge in [-0.2, -0.15) is 0 Å². The van der Waals surface area contributed by atoms with Crippen LogP contribution in [0, 0.1) is 0 Å². The van der Waals surface area contributed by atoms with Crippen molar-refractivity contribution in [2.24, 2.45) is 0 Å². The third-order valence-electron chi connectivity index (χ3n) is 6.88. The van der Waals surface area contributed by atoms with E-state index in [4.69, 9.17) is 14.2 Å². The van der Waals surface area contributed by atoms with Crippen LogP contribution in [0.1, 0.15) is 28.3 Å². The lowest BCUT2D eigenvalue weighted by Gasteiger charge is -2.26.